The predicted octanol–water partition coefficient (Wildman–Crippen LogP) is 2.63. The summed E-state index contributed by atoms with van der Waals surface area (Å²) in [6.07, 6.45) is 3.68. The first-order valence-electron chi connectivity index (χ1n) is 10.6. The summed E-state index contributed by atoms with van der Waals surface area (Å²) in [6, 6.07) is 13.2. The normalized spacial score (nSPS) is 22.8. The summed E-state index contributed by atoms with van der Waals surface area (Å²) in [4.78, 5) is 4.10. The van der Waals surface area contributed by atoms with Crippen molar-refractivity contribution >= 4 is 15.7 Å². The lowest BCUT2D eigenvalue weighted by molar-refractivity contribution is 0.210. The number of hydrogen-bond acceptors (Lipinski definition) is 6. The number of ether oxygens (including phenoxy) is 1. The lowest BCUT2D eigenvalue weighted by Crippen LogP contribution is -2.42. The van der Waals surface area contributed by atoms with Gasteiger partial charge in [0.05, 0.1) is 32.1 Å². The minimum absolute atomic E-state index is 0.0427. The molecule has 0 spiro atoms. The van der Waals surface area contributed by atoms with Crippen LogP contribution in [0.1, 0.15) is 18.0 Å². The quantitative estimate of drug-likeness (QED) is 0.615. The largest absolute Gasteiger partial charge is 0.496 e. The van der Waals surface area contributed by atoms with Crippen LogP contribution in [0.2, 0.25) is 0 Å². The molecule has 1 aromatic heterocycles. The number of fused-ring (bicyclic) bond motifs is 3. The van der Waals surface area contributed by atoms with Crippen molar-refractivity contribution in [1.82, 2.24) is 13.9 Å². The lowest BCUT2D eigenvalue weighted by atomic mass is 9.82. The van der Waals surface area contributed by atoms with Crippen molar-refractivity contribution in [2.24, 2.45) is 13.0 Å². The van der Waals surface area contributed by atoms with Gasteiger partial charge in [-0.1, -0.05) is 24.3 Å². The molecule has 2 aliphatic heterocycles. The molecule has 1 fully saturated rings. The van der Waals surface area contributed by atoms with Gasteiger partial charge in [-0.25, -0.2) is 13.4 Å². The molecule has 0 unspecified atom stereocenters. The number of imidazole rings is 1. The van der Waals surface area contributed by atoms with Gasteiger partial charge in [0.15, 0.2) is 5.03 Å². The lowest BCUT2D eigenvalue weighted by Gasteiger charge is -2.38. The first-order chi connectivity index (χ1) is 15.4. The van der Waals surface area contributed by atoms with E-state index in [2.05, 4.69) is 10.3 Å². The van der Waals surface area contributed by atoms with E-state index < -0.39 is 10.0 Å². The van der Waals surface area contributed by atoms with Crippen LogP contribution in [0.3, 0.4) is 0 Å². The van der Waals surface area contributed by atoms with Crippen molar-refractivity contribution in [2.45, 2.75) is 23.5 Å². The number of nitrogens with one attached hydrogen (secondary N) is 1. The molecule has 3 heterocycles. The Labute approximate surface area is 187 Å². The van der Waals surface area contributed by atoms with E-state index in [-0.39, 0.29) is 29.6 Å². The number of aromatic nitrogens is 2. The van der Waals surface area contributed by atoms with E-state index >= 15 is 0 Å². The van der Waals surface area contributed by atoms with Crippen LogP contribution in [0, 0.1) is 5.92 Å². The second-order valence-electron chi connectivity index (χ2n) is 8.33. The number of methoxy groups -OCH3 is 1. The third-order valence-corrected chi connectivity index (χ3v) is 8.26. The molecular formula is C23H26N4O4S. The van der Waals surface area contributed by atoms with Gasteiger partial charge >= 0.3 is 0 Å². The van der Waals surface area contributed by atoms with Crippen LogP contribution in [-0.2, 0) is 17.1 Å². The molecule has 32 heavy (non-hydrogen) atoms. The topological polar surface area (TPSA) is 96.7 Å². The van der Waals surface area contributed by atoms with E-state index in [1.165, 1.54) is 12.5 Å². The summed E-state index contributed by atoms with van der Waals surface area (Å²) in [5.41, 5.74) is 3.63. The van der Waals surface area contributed by atoms with Gasteiger partial charge in [-0.3, -0.25) is 0 Å². The van der Waals surface area contributed by atoms with E-state index in [0.717, 1.165) is 28.1 Å². The van der Waals surface area contributed by atoms with Crippen molar-refractivity contribution in [1.29, 1.82) is 0 Å². The molecular weight excluding hydrogens is 428 g/mol. The van der Waals surface area contributed by atoms with Gasteiger partial charge in [0.2, 0.25) is 0 Å². The minimum atomic E-state index is -3.79. The Bertz CT molecular complexity index is 1260. The van der Waals surface area contributed by atoms with Gasteiger partial charge in [-0.05, 0) is 35.7 Å². The summed E-state index contributed by atoms with van der Waals surface area (Å²) in [5.74, 6) is 0.712. The third-order valence-electron chi connectivity index (χ3n) is 6.50. The Hall–Kier alpha value is -2.88. The molecule has 0 bridgehead atoms. The highest BCUT2D eigenvalue weighted by Crippen LogP contribution is 2.49. The van der Waals surface area contributed by atoms with Crippen LogP contribution in [-0.4, -0.2) is 53.7 Å². The van der Waals surface area contributed by atoms with E-state index in [9.17, 15) is 13.5 Å². The van der Waals surface area contributed by atoms with Crippen LogP contribution < -0.4 is 10.1 Å². The summed E-state index contributed by atoms with van der Waals surface area (Å²) in [5, 5.41) is 13.5. The van der Waals surface area contributed by atoms with Crippen molar-refractivity contribution in [3.8, 4) is 16.9 Å². The molecule has 3 aromatic rings. The summed E-state index contributed by atoms with van der Waals surface area (Å²) >= 11 is 0. The smallest absolute Gasteiger partial charge is 0.262 e. The average Bonchev–Trinajstić information content (AvgIpc) is 3.46. The zero-order valence-electron chi connectivity index (χ0n) is 18.0. The first kappa shape index (κ1) is 21.0. The van der Waals surface area contributed by atoms with Gasteiger partial charge in [0.1, 0.15) is 5.75 Å². The zero-order chi connectivity index (χ0) is 22.5. The monoisotopic (exact) mass is 454 g/mol. The SMILES string of the molecule is COc1ccccc1-c1ccc2c(c1)[C@H]1[C@H](CCN1S(=O)(=O)c1cn(C)cn1)[C@H](CO)N2. The highest BCUT2D eigenvalue weighted by atomic mass is 32.2. The number of hydrogen-bond donors (Lipinski definition) is 2. The fourth-order valence-corrected chi connectivity index (χ4v) is 6.62. The van der Waals surface area contributed by atoms with Gasteiger partial charge in [0, 0.05) is 37.0 Å². The Morgan fingerprint density at radius 3 is 2.78 bits per heavy atom. The van der Waals surface area contributed by atoms with Crippen molar-refractivity contribution < 1.29 is 18.3 Å². The molecule has 0 radical (unpaired) electrons. The van der Waals surface area contributed by atoms with Crippen molar-refractivity contribution in [3.05, 3.63) is 60.6 Å². The Morgan fingerprint density at radius 2 is 2.06 bits per heavy atom. The number of aliphatic hydroxyl groups excluding tert-OH is 1. The molecule has 0 aliphatic carbocycles. The molecule has 3 atom stereocenters. The molecule has 9 heteroatoms. The van der Waals surface area contributed by atoms with Gasteiger partial charge in [0.25, 0.3) is 10.0 Å². The van der Waals surface area contributed by atoms with Crippen LogP contribution >= 0.6 is 0 Å². The molecule has 0 amide bonds. The number of anilines is 1. The average molecular weight is 455 g/mol. The number of para-hydroxylation sites is 1. The van der Waals surface area contributed by atoms with E-state index in [0.29, 0.717) is 13.0 Å². The van der Waals surface area contributed by atoms with Gasteiger partial charge < -0.3 is 19.7 Å². The van der Waals surface area contributed by atoms with Crippen LogP contribution in [0.15, 0.2) is 60.0 Å². The second-order valence-corrected chi connectivity index (χ2v) is 10.2. The number of aryl methyl sites for hydroxylation is 1. The standard InChI is InChI=1S/C23H26N4O4S/c1-26-12-22(24-14-26)32(29,30)27-10-9-17-20(13-28)25-19-8-7-15(11-18(19)23(17)27)16-5-3-4-6-21(16)31-2/h3-8,11-12,14,17,20,23,25,28H,9-10,13H2,1-2H3/t17-,20+,23-/m1/s1. The number of aliphatic hydroxyl groups is 1. The van der Waals surface area contributed by atoms with E-state index in [1.807, 2.05) is 42.5 Å². The first-order valence-corrected chi connectivity index (χ1v) is 12.0. The summed E-state index contributed by atoms with van der Waals surface area (Å²) in [6.45, 7) is 0.317. The molecule has 2 aromatic carbocycles. The van der Waals surface area contributed by atoms with Crippen LogP contribution in [0.4, 0.5) is 5.69 Å². The maximum absolute atomic E-state index is 13.5. The molecule has 168 valence electrons. The van der Waals surface area contributed by atoms with Crippen molar-refractivity contribution in [3.63, 3.8) is 0 Å². The Kier molecular flexibility index (Phi) is 5.19. The zero-order valence-corrected chi connectivity index (χ0v) is 18.8. The molecule has 5 rings (SSSR count). The van der Waals surface area contributed by atoms with Crippen molar-refractivity contribution in [2.75, 3.05) is 25.6 Å². The maximum Gasteiger partial charge on any atom is 0.262 e. The third kappa shape index (κ3) is 3.28. The number of nitrogens with zero attached hydrogens (tertiary/aromatic N) is 3. The van der Waals surface area contributed by atoms with Crippen LogP contribution in [0.25, 0.3) is 11.1 Å². The minimum Gasteiger partial charge on any atom is -0.496 e. The van der Waals surface area contributed by atoms with Crippen LogP contribution in [0.5, 0.6) is 5.75 Å². The maximum atomic E-state index is 13.5. The summed E-state index contributed by atoms with van der Waals surface area (Å²) in [7, 11) is -0.398. The number of sulfonamides is 1. The second kappa shape index (κ2) is 7.91. The Balaban J connectivity index is 1.63. The highest BCUT2D eigenvalue weighted by molar-refractivity contribution is 7.89. The number of rotatable bonds is 5. The molecule has 2 aliphatic rings. The molecule has 2 N–H and O–H groups in total. The van der Waals surface area contributed by atoms with Gasteiger partial charge in [-0.15, -0.1) is 0 Å². The predicted molar refractivity (Wildman–Crippen MR) is 121 cm³/mol. The highest BCUT2D eigenvalue weighted by Gasteiger charge is 2.49. The summed E-state index contributed by atoms with van der Waals surface area (Å²) < 4.78 is 35.7. The van der Waals surface area contributed by atoms with E-state index in [1.54, 1.807) is 23.0 Å². The molecule has 8 nitrogen and oxygen atoms in total. The number of benzene rings is 2. The fourth-order valence-electron chi connectivity index (χ4n) is 4.98. The molecule has 0 saturated carbocycles. The van der Waals surface area contributed by atoms with Gasteiger partial charge in [-0.2, -0.15) is 4.31 Å². The van der Waals surface area contributed by atoms with E-state index in [4.69, 9.17) is 4.74 Å². The fraction of sp³-hybridized carbons (Fsp3) is 0.348. The Morgan fingerprint density at radius 1 is 1.25 bits per heavy atom. The molecule has 1 saturated heterocycles.